The third-order valence-corrected chi connectivity index (χ3v) is 3.65. The summed E-state index contributed by atoms with van der Waals surface area (Å²) in [6.45, 7) is -0.445. The number of aromatic hydroxyl groups is 1. The van der Waals surface area contributed by atoms with Crippen molar-refractivity contribution in [1.29, 1.82) is 0 Å². The maximum Gasteiger partial charge on any atom is 0.269 e. The Bertz CT molecular complexity index is 760. The van der Waals surface area contributed by atoms with Crippen molar-refractivity contribution in [1.82, 2.24) is 0 Å². The van der Waals surface area contributed by atoms with E-state index in [-0.39, 0.29) is 17.2 Å². The van der Waals surface area contributed by atoms with Gasteiger partial charge in [-0.1, -0.05) is 6.07 Å². The molecule has 0 amide bonds. The zero-order chi connectivity index (χ0) is 18.4. The predicted molar refractivity (Wildman–Crippen MR) is 91.2 cm³/mol. The molecule has 8 nitrogen and oxygen atoms in total. The number of methoxy groups -OCH3 is 1. The van der Waals surface area contributed by atoms with Gasteiger partial charge in [0.15, 0.2) is 11.5 Å². The van der Waals surface area contributed by atoms with E-state index < -0.39 is 23.7 Å². The Balaban J connectivity index is 2.20. The summed E-state index contributed by atoms with van der Waals surface area (Å²) >= 11 is 0. The second-order valence-corrected chi connectivity index (χ2v) is 5.22. The van der Waals surface area contributed by atoms with Gasteiger partial charge in [0.1, 0.15) is 12.1 Å². The smallest absolute Gasteiger partial charge is 0.269 e. The molecule has 132 valence electrons. The summed E-state index contributed by atoms with van der Waals surface area (Å²) in [4.78, 5) is 14.2. The predicted octanol–water partition coefficient (Wildman–Crippen LogP) is 1.82. The number of non-ortho nitro benzene ring substituents is 1. The van der Waals surface area contributed by atoms with E-state index in [1.54, 1.807) is 18.2 Å². The van der Waals surface area contributed by atoms with E-state index in [0.717, 1.165) is 0 Å². The van der Waals surface area contributed by atoms with Gasteiger partial charge in [-0.25, -0.2) is 0 Å². The van der Waals surface area contributed by atoms with Crippen molar-refractivity contribution in [3.63, 3.8) is 0 Å². The number of aliphatic hydroxyl groups is 2. The highest BCUT2D eigenvalue weighted by molar-refractivity contribution is 5.84. The molecule has 0 spiro atoms. The van der Waals surface area contributed by atoms with Gasteiger partial charge in [-0.15, -0.1) is 0 Å². The summed E-state index contributed by atoms with van der Waals surface area (Å²) in [5.41, 5.74) is 0.659. The summed E-state index contributed by atoms with van der Waals surface area (Å²) in [5, 5.41) is 40.5. The van der Waals surface area contributed by atoms with E-state index in [1.807, 2.05) is 0 Å². The van der Waals surface area contributed by atoms with Crippen molar-refractivity contribution in [3.05, 3.63) is 63.7 Å². The molecule has 2 aromatic carbocycles. The molecule has 0 aliphatic heterocycles. The molecule has 25 heavy (non-hydrogen) atoms. The topological polar surface area (TPSA) is 125 Å². The molecule has 0 radical (unpaired) electrons. The molecule has 0 bridgehead atoms. The Hall–Kier alpha value is -2.97. The molecule has 0 heterocycles. The average molecular weight is 346 g/mol. The van der Waals surface area contributed by atoms with Crippen LogP contribution in [0.15, 0.2) is 47.5 Å². The first-order valence-corrected chi connectivity index (χ1v) is 7.40. The molecule has 0 saturated heterocycles. The number of phenolic OH excluding ortho intramolecular Hbond substituents is 1. The number of nitro groups is 1. The Labute approximate surface area is 143 Å². The van der Waals surface area contributed by atoms with Gasteiger partial charge in [0.2, 0.25) is 0 Å². The number of hydrogen-bond acceptors (Lipinski definition) is 7. The van der Waals surface area contributed by atoms with Crippen molar-refractivity contribution in [2.75, 3.05) is 13.7 Å². The Kier molecular flexibility index (Phi) is 6.04. The van der Waals surface area contributed by atoms with Crippen LogP contribution in [-0.4, -0.2) is 46.2 Å². The number of phenols is 1. The lowest BCUT2D eigenvalue weighted by molar-refractivity contribution is -0.384. The van der Waals surface area contributed by atoms with Crippen LogP contribution >= 0.6 is 0 Å². The van der Waals surface area contributed by atoms with Gasteiger partial charge in [0, 0.05) is 23.9 Å². The van der Waals surface area contributed by atoms with Crippen LogP contribution in [-0.2, 0) is 0 Å². The number of benzene rings is 2. The number of hydrogen-bond donors (Lipinski definition) is 3. The SMILES string of the molecule is COc1cccc(C=N[C@@H](CO)[C@H](O)c2ccc([N+](=O)[O-])cc2)c1O. The first-order chi connectivity index (χ1) is 12.0. The molecule has 2 atom stereocenters. The molecule has 0 aromatic heterocycles. The fraction of sp³-hybridized carbons (Fsp3) is 0.235. The first-order valence-electron chi connectivity index (χ1n) is 7.40. The molecular weight excluding hydrogens is 328 g/mol. The summed E-state index contributed by atoms with van der Waals surface area (Å²) in [6, 6.07) is 9.31. The standard InChI is InChI=1S/C17H18N2O6/c1-25-15-4-2-3-12(17(15)22)9-18-14(10-20)16(21)11-5-7-13(8-6-11)19(23)24/h2-9,14,16,20-22H,10H2,1H3/t14-,16+/m0/s1. The Morgan fingerprint density at radius 1 is 1.28 bits per heavy atom. The third-order valence-electron chi connectivity index (χ3n) is 3.65. The highest BCUT2D eigenvalue weighted by atomic mass is 16.6. The highest BCUT2D eigenvalue weighted by Gasteiger charge is 2.20. The number of aliphatic hydroxyl groups excluding tert-OH is 2. The average Bonchev–Trinajstić information content (AvgIpc) is 2.63. The number of aliphatic imine (C=N–C) groups is 1. The van der Waals surface area contributed by atoms with Crippen LogP contribution in [0.3, 0.4) is 0 Å². The van der Waals surface area contributed by atoms with Crippen molar-refractivity contribution < 1.29 is 25.0 Å². The number of rotatable bonds is 7. The lowest BCUT2D eigenvalue weighted by atomic mass is 10.0. The van der Waals surface area contributed by atoms with E-state index in [2.05, 4.69) is 4.99 Å². The van der Waals surface area contributed by atoms with Crippen LogP contribution in [0.5, 0.6) is 11.5 Å². The van der Waals surface area contributed by atoms with Gasteiger partial charge >= 0.3 is 0 Å². The lowest BCUT2D eigenvalue weighted by Gasteiger charge is -2.17. The van der Waals surface area contributed by atoms with E-state index in [1.165, 1.54) is 37.6 Å². The molecule has 0 aliphatic carbocycles. The highest BCUT2D eigenvalue weighted by Crippen LogP contribution is 2.28. The van der Waals surface area contributed by atoms with Crippen molar-refractivity contribution >= 4 is 11.9 Å². The first kappa shape index (κ1) is 18.4. The minimum absolute atomic E-state index is 0.0960. The summed E-state index contributed by atoms with van der Waals surface area (Å²) < 4.78 is 5.00. The molecule has 0 fully saturated rings. The second kappa shape index (κ2) is 8.22. The van der Waals surface area contributed by atoms with Crippen molar-refractivity contribution in [3.8, 4) is 11.5 Å². The minimum atomic E-state index is -1.16. The van der Waals surface area contributed by atoms with E-state index in [0.29, 0.717) is 11.1 Å². The summed E-state index contributed by atoms with van der Waals surface area (Å²) in [5.74, 6) is 0.177. The summed E-state index contributed by atoms with van der Waals surface area (Å²) in [6.07, 6.45) is 0.169. The van der Waals surface area contributed by atoms with E-state index >= 15 is 0 Å². The fourth-order valence-corrected chi connectivity index (χ4v) is 2.23. The fourth-order valence-electron chi connectivity index (χ4n) is 2.23. The molecule has 8 heteroatoms. The molecule has 2 aromatic rings. The lowest BCUT2D eigenvalue weighted by Crippen LogP contribution is -2.21. The normalized spacial score (nSPS) is 13.6. The van der Waals surface area contributed by atoms with Crippen LogP contribution in [0.25, 0.3) is 0 Å². The van der Waals surface area contributed by atoms with Crippen molar-refractivity contribution in [2.45, 2.75) is 12.1 Å². The van der Waals surface area contributed by atoms with Gasteiger partial charge in [0.05, 0.1) is 18.6 Å². The molecule has 2 rings (SSSR count). The van der Waals surface area contributed by atoms with Gasteiger partial charge in [-0.2, -0.15) is 0 Å². The molecule has 0 unspecified atom stereocenters. The quantitative estimate of drug-likeness (QED) is 0.399. The number of nitro benzene ring substituents is 1. The Morgan fingerprint density at radius 2 is 1.96 bits per heavy atom. The van der Waals surface area contributed by atoms with Crippen LogP contribution in [0.4, 0.5) is 5.69 Å². The van der Waals surface area contributed by atoms with E-state index in [4.69, 9.17) is 4.74 Å². The zero-order valence-electron chi connectivity index (χ0n) is 13.4. The number of ether oxygens (including phenoxy) is 1. The van der Waals surface area contributed by atoms with Crippen LogP contribution < -0.4 is 4.74 Å². The molecular formula is C17H18N2O6. The largest absolute Gasteiger partial charge is 0.504 e. The second-order valence-electron chi connectivity index (χ2n) is 5.22. The zero-order valence-corrected chi connectivity index (χ0v) is 13.4. The maximum atomic E-state index is 10.7. The minimum Gasteiger partial charge on any atom is -0.504 e. The molecule has 0 aliphatic rings. The van der Waals surface area contributed by atoms with Gasteiger partial charge in [-0.3, -0.25) is 15.1 Å². The summed E-state index contributed by atoms with van der Waals surface area (Å²) in [7, 11) is 1.42. The van der Waals surface area contributed by atoms with Crippen LogP contribution in [0.2, 0.25) is 0 Å². The van der Waals surface area contributed by atoms with Crippen LogP contribution in [0.1, 0.15) is 17.2 Å². The van der Waals surface area contributed by atoms with Gasteiger partial charge < -0.3 is 20.1 Å². The van der Waals surface area contributed by atoms with Crippen LogP contribution in [0, 0.1) is 10.1 Å². The van der Waals surface area contributed by atoms with E-state index in [9.17, 15) is 25.4 Å². The van der Waals surface area contributed by atoms with Gasteiger partial charge in [-0.05, 0) is 29.8 Å². The Morgan fingerprint density at radius 3 is 2.52 bits per heavy atom. The monoisotopic (exact) mass is 346 g/mol. The molecule has 3 N–H and O–H groups in total. The maximum absolute atomic E-state index is 10.7. The number of nitrogens with zero attached hydrogens (tertiary/aromatic N) is 2. The molecule has 0 saturated carbocycles. The number of para-hydroxylation sites is 1. The van der Waals surface area contributed by atoms with Crippen molar-refractivity contribution in [2.24, 2.45) is 4.99 Å². The van der Waals surface area contributed by atoms with Gasteiger partial charge in [0.25, 0.3) is 5.69 Å². The third kappa shape index (κ3) is 4.31.